The summed E-state index contributed by atoms with van der Waals surface area (Å²) >= 11 is 0. The standard InChI is InChI=1S/C14H14N2O3S/c17-14(11-6-7-11)16-20(18,19)9-12-4-1-3-10-5-2-8-15-13(10)12/h1-5,8,11H,6-7,9H2,(H,16,17). The lowest BCUT2D eigenvalue weighted by molar-refractivity contribution is -0.120. The monoisotopic (exact) mass is 290 g/mol. The van der Waals surface area contributed by atoms with E-state index in [1.54, 1.807) is 24.4 Å². The van der Waals surface area contributed by atoms with Crippen LogP contribution >= 0.6 is 0 Å². The minimum atomic E-state index is -3.67. The van der Waals surface area contributed by atoms with Crippen molar-refractivity contribution in [1.29, 1.82) is 0 Å². The molecule has 1 aromatic carbocycles. The number of rotatable bonds is 4. The number of pyridine rings is 1. The average Bonchev–Trinajstić information content (AvgIpc) is 3.22. The second kappa shape index (κ2) is 4.86. The third kappa shape index (κ3) is 2.80. The maximum Gasteiger partial charge on any atom is 0.239 e. The van der Waals surface area contributed by atoms with Crippen molar-refractivity contribution in [2.45, 2.75) is 18.6 Å². The highest BCUT2D eigenvalue weighted by Gasteiger charge is 2.32. The van der Waals surface area contributed by atoms with Crippen molar-refractivity contribution in [2.75, 3.05) is 0 Å². The molecule has 5 nitrogen and oxygen atoms in total. The molecule has 104 valence electrons. The first-order valence-corrected chi connectivity index (χ1v) is 8.07. The molecule has 6 heteroatoms. The van der Waals surface area contributed by atoms with E-state index in [2.05, 4.69) is 9.71 Å². The van der Waals surface area contributed by atoms with Gasteiger partial charge in [0, 0.05) is 17.5 Å². The second-order valence-electron chi connectivity index (χ2n) is 4.99. The number of hydrogen-bond donors (Lipinski definition) is 1. The smallest absolute Gasteiger partial charge is 0.239 e. The predicted octanol–water partition coefficient (Wildman–Crippen LogP) is 1.59. The van der Waals surface area contributed by atoms with Crippen LogP contribution in [0.1, 0.15) is 18.4 Å². The van der Waals surface area contributed by atoms with Crippen molar-refractivity contribution in [1.82, 2.24) is 9.71 Å². The van der Waals surface area contributed by atoms with Crippen LogP contribution in [0.3, 0.4) is 0 Å². The van der Waals surface area contributed by atoms with E-state index in [1.807, 2.05) is 12.1 Å². The fourth-order valence-corrected chi connectivity index (χ4v) is 3.29. The first-order valence-electron chi connectivity index (χ1n) is 6.42. The molecule has 0 aliphatic heterocycles. The number of fused-ring (bicyclic) bond motifs is 1. The molecule has 1 heterocycles. The van der Waals surface area contributed by atoms with Crippen molar-refractivity contribution < 1.29 is 13.2 Å². The molecular weight excluding hydrogens is 276 g/mol. The Balaban J connectivity index is 1.86. The largest absolute Gasteiger partial charge is 0.274 e. The molecule has 0 unspecified atom stereocenters. The van der Waals surface area contributed by atoms with Crippen LogP contribution in [0.15, 0.2) is 36.5 Å². The first kappa shape index (κ1) is 13.1. The summed E-state index contributed by atoms with van der Waals surface area (Å²) in [5, 5.41) is 0.883. The molecule has 0 atom stereocenters. The van der Waals surface area contributed by atoms with Gasteiger partial charge in [0.15, 0.2) is 0 Å². The summed E-state index contributed by atoms with van der Waals surface area (Å²) in [4.78, 5) is 15.8. The zero-order valence-electron chi connectivity index (χ0n) is 10.7. The van der Waals surface area contributed by atoms with E-state index in [0.717, 1.165) is 18.2 Å². The van der Waals surface area contributed by atoms with Crippen LogP contribution in [0.5, 0.6) is 0 Å². The Morgan fingerprint density at radius 2 is 2.00 bits per heavy atom. The number of para-hydroxylation sites is 1. The highest BCUT2D eigenvalue weighted by molar-refractivity contribution is 7.89. The Bertz CT molecular complexity index is 762. The second-order valence-corrected chi connectivity index (χ2v) is 6.71. The Morgan fingerprint density at radius 1 is 1.25 bits per heavy atom. The van der Waals surface area contributed by atoms with Crippen LogP contribution in [-0.2, 0) is 20.6 Å². The summed E-state index contributed by atoms with van der Waals surface area (Å²) in [5.74, 6) is -0.756. The van der Waals surface area contributed by atoms with Gasteiger partial charge >= 0.3 is 0 Å². The Kier molecular flexibility index (Phi) is 3.17. The lowest BCUT2D eigenvalue weighted by Gasteiger charge is -2.08. The summed E-state index contributed by atoms with van der Waals surface area (Å²) in [6, 6.07) is 9.06. The van der Waals surface area contributed by atoms with E-state index in [-0.39, 0.29) is 11.7 Å². The summed E-state index contributed by atoms with van der Waals surface area (Å²) in [6.45, 7) is 0. The lowest BCUT2D eigenvalue weighted by Crippen LogP contribution is -2.32. The summed E-state index contributed by atoms with van der Waals surface area (Å²) < 4.78 is 26.2. The molecule has 0 spiro atoms. The van der Waals surface area contributed by atoms with E-state index >= 15 is 0 Å². The number of nitrogens with one attached hydrogen (secondary N) is 1. The van der Waals surface area contributed by atoms with E-state index in [1.165, 1.54) is 0 Å². The predicted molar refractivity (Wildman–Crippen MR) is 75.2 cm³/mol. The van der Waals surface area contributed by atoms with Crippen LogP contribution in [0.25, 0.3) is 10.9 Å². The minimum absolute atomic E-state index is 0.129. The van der Waals surface area contributed by atoms with Gasteiger partial charge in [-0.05, 0) is 24.5 Å². The van der Waals surface area contributed by atoms with Gasteiger partial charge in [-0.2, -0.15) is 0 Å². The summed E-state index contributed by atoms with van der Waals surface area (Å²) in [7, 11) is -3.67. The highest BCUT2D eigenvalue weighted by atomic mass is 32.2. The van der Waals surface area contributed by atoms with E-state index in [4.69, 9.17) is 0 Å². The van der Waals surface area contributed by atoms with Crippen LogP contribution in [0.4, 0.5) is 0 Å². The van der Waals surface area contributed by atoms with Crippen LogP contribution in [0, 0.1) is 5.92 Å². The number of nitrogens with zero attached hydrogens (tertiary/aromatic N) is 1. The fraction of sp³-hybridized carbons (Fsp3) is 0.286. The normalized spacial score (nSPS) is 15.2. The number of carbonyl (C=O) groups is 1. The van der Waals surface area contributed by atoms with Gasteiger partial charge in [0.2, 0.25) is 15.9 Å². The van der Waals surface area contributed by atoms with Crippen molar-refractivity contribution in [3.8, 4) is 0 Å². The van der Waals surface area contributed by atoms with Gasteiger partial charge in [0.25, 0.3) is 0 Å². The molecule has 0 radical (unpaired) electrons. The topological polar surface area (TPSA) is 76.1 Å². The van der Waals surface area contributed by atoms with Gasteiger partial charge < -0.3 is 0 Å². The van der Waals surface area contributed by atoms with Crippen molar-refractivity contribution >= 4 is 26.8 Å². The molecule has 1 N–H and O–H groups in total. The molecule has 1 fully saturated rings. The van der Waals surface area contributed by atoms with Gasteiger partial charge in [-0.15, -0.1) is 0 Å². The van der Waals surface area contributed by atoms with E-state index < -0.39 is 15.9 Å². The van der Waals surface area contributed by atoms with Crippen LogP contribution in [0.2, 0.25) is 0 Å². The quantitative estimate of drug-likeness (QED) is 0.927. The van der Waals surface area contributed by atoms with Crippen molar-refractivity contribution in [3.05, 3.63) is 42.1 Å². The summed E-state index contributed by atoms with van der Waals surface area (Å²) in [5.41, 5.74) is 1.25. The molecule has 3 rings (SSSR count). The number of carbonyl (C=O) groups excluding carboxylic acids is 1. The average molecular weight is 290 g/mol. The molecule has 0 saturated heterocycles. The number of hydrogen-bond acceptors (Lipinski definition) is 4. The fourth-order valence-electron chi connectivity index (χ4n) is 2.11. The number of sulfonamides is 1. The molecule has 1 amide bonds. The molecule has 1 aliphatic rings. The van der Waals surface area contributed by atoms with E-state index in [9.17, 15) is 13.2 Å². The van der Waals surface area contributed by atoms with Gasteiger partial charge in [-0.1, -0.05) is 24.3 Å². The van der Waals surface area contributed by atoms with Gasteiger partial charge in [-0.3, -0.25) is 14.5 Å². The number of benzene rings is 1. The first-order chi connectivity index (χ1) is 9.55. The summed E-state index contributed by atoms with van der Waals surface area (Å²) in [6.07, 6.45) is 3.18. The molecule has 2 aromatic rings. The zero-order chi connectivity index (χ0) is 14.2. The number of aromatic nitrogens is 1. The molecule has 20 heavy (non-hydrogen) atoms. The maximum absolute atomic E-state index is 12.0. The Hall–Kier alpha value is -1.95. The van der Waals surface area contributed by atoms with Crippen LogP contribution < -0.4 is 4.72 Å². The van der Waals surface area contributed by atoms with Crippen molar-refractivity contribution in [2.24, 2.45) is 5.92 Å². The molecule has 1 aliphatic carbocycles. The highest BCUT2D eigenvalue weighted by Crippen LogP contribution is 2.29. The Morgan fingerprint density at radius 3 is 2.75 bits per heavy atom. The number of amides is 1. The zero-order valence-corrected chi connectivity index (χ0v) is 11.6. The minimum Gasteiger partial charge on any atom is -0.274 e. The van der Waals surface area contributed by atoms with Crippen molar-refractivity contribution in [3.63, 3.8) is 0 Å². The SMILES string of the molecule is O=C(NS(=O)(=O)Cc1cccc2cccnc12)C1CC1. The Labute approximate surface area is 117 Å². The molecule has 0 bridgehead atoms. The van der Waals surface area contributed by atoms with E-state index in [0.29, 0.717) is 11.1 Å². The van der Waals surface area contributed by atoms with Crippen LogP contribution in [-0.4, -0.2) is 19.3 Å². The molecular formula is C14H14N2O3S. The molecule has 1 aromatic heterocycles. The third-order valence-electron chi connectivity index (χ3n) is 3.27. The molecule has 1 saturated carbocycles. The van der Waals surface area contributed by atoms with Gasteiger partial charge in [0.1, 0.15) is 0 Å². The van der Waals surface area contributed by atoms with Gasteiger partial charge in [0.05, 0.1) is 11.3 Å². The maximum atomic E-state index is 12.0. The lowest BCUT2D eigenvalue weighted by atomic mass is 10.1. The van der Waals surface area contributed by atoms with Gasteiger partial charge in [-0.25, -0.2) is 8.42 Å². The third-order valence-corrected chi connectivity index (χ3v) is 4.47.